The molecule has 1 aromatic heterocycles. The second-order valence-corrected chi connectivity index (χ2v) is 9.22. The largest absolute Gasteiger partial charge is 0.495 e. The molecule has 0 N–H and O–H groups in total. The molecule has 0 bridgehead atoms. The van der Waals surface area contributed by atoms with E-state index in [2.05, 4.69) is 9.88 Å². The Kier molecular flexibility index (Phi) is 6.07. The van der Waals surface area contributed by atoms with Gasteiger partial charge in [0.2, 0.25) is 16.0 Å². The molecule has 0 spiro atoms. The van der Waals surface area contributed by atoms with Crippen molar-refractivity contribution in [1.29, 1.82) is 0 Å². The molecule has 162 valence electrons. The summed E-state index contributed by atoms with van der Waals surface area (Å²) in [6, 6.07) is 8.70. The Morgan fingerprint density at radius 3 is 2.37 bits per heavy atom. The third kappa shape index (κ3) is 4.21. The van der Waals surface area contributed by atoms with Crippen LogP contribution in [-0.2, 0) is 14.8 Å². The number of piperazine rings is 1. The van der Waals surface area contributed by atoms with Crippen LogP contribution in [0.15, 0.2) is 35.2 Å². The first-order valence-corrected chi connectivity index (χ1v) is 11.5. The lowest BCUT2D eigenvalue weighted by Gasteiger charge is -2.35. The molecule has 10 heteroatoms. The van der Waals surface area contributed by atoms with Crippen molar-refractivity contribution in [3.63, 3.8) is 0 Å². The number of hydrogen-bond acceptors (Lipinski definition) is 8. The number of sulfonamides is 1. The highest BCUT2D eigenvalue weighted by Gasteiger charge is 2.31. The number of morpholine rings is 1. The minimum Gasteiger partial charge on any atom is -0.495 e. The number of aryl methyl sites for hydroxylation is 1. The number of aromatic nitrogens is 2. The van der Waals surface area contributed by atoms with Gasteiger partial charge in [0.05, 0.1) is 20.3 Å². The molecule has 0 atom stereocenters. The van der Waals surface area contributed by atoms with Gasteiger partial charge in [-0.05, 0) is 19.1 Å². The Hall–Kier alpha value is -2.43. The molecule has 0 saturated carbocycles. The summed E-state index contributed by atoms with van der Waals surface area (Å²) >= 11 is 0. The number of ether oxygens (including phenoxy) is 2. The van der Waals surface area contributed by atoms with Gasteiger partial charge >= 0.3 is 0 Å². The maximum atomic E-state index is 13.1. The van der Waals surface area contributed by atoms with E-state index in [0.29, 0.717) is 51.1 Å². The van der Waals surface area contributed by atoms with Gasteiger partial charge in [0.25, 0.3) is 0 Å². The van der Waals surface area contributed by atoms with Crippen LogP contribution in [0.3, 0.4) is 0 Å². The standard InChI is InChI=1S/C20H27N5O4S/c1-16-15-19(23-11-13-29-14-12-23)22-20(21-16)24-7-9-25(10-8-24)30(26,27)18-6-4-3-5-17(18)28-2/h3-6,15H,7-14H2,1-2H3. The first kappa shape index (κ1) is 20.8. The predicted octanol–water partition coefficient (Wildman–Crippen LogP) is 1.14. The maximum Gasteiger partial charge on any atom is 0.246 e. The van der Waals surface area contributed by atoms with Gasteiger partial charge in [0.1, 0.15) is 16.5 Å². The van der Waals surface area contributed by atoms with Gasteiger partial charge in [-0.25, -0.2) is 13.4 Å². The first-order valence-electron chi connectivity index (χ1n) is 10.1. The van der Waals surface area contributed by atoms with E-state index in [-0.39, 0.29) is 4.90 Å². The van der Waals surface area contributed by atoms with Crippen molar-refractivity contribution in [3.05, 3.63) is 36.0 Å². The molecule has 3 heterocycles. The van der Waals surface area contributed by atoms with Gasteiger partial charge in [-0.15, -0.1) is 0 Å². The summed E-state index contributed by atoms with van der Waals surface area (Å²) in [4.78, 5) is 13.8. The van der Waals surface area contributed by atoms with Crippen molar-refractivity contribution in [2.75, 3.05) is 69.4 Å². The fourth-order valence-electron chi connectivity index (χ4n) is 3.73. The zero-order valence-corrected chi connectivity index (χ0v) is 18.1. The van der Waals surface area contributed by atoms with E-state index >= 15 is 0 Å². The van der Waals surface area contributed by atoms with Crippen molar-refractivity contribution in [2.45, 2.75) is 11.8 Å². The number of nitrogens with zero attached hydrogens (tertiary/aromatic N) is 5. The summed E-state index contributed by atoms with van der Waals surface area (Å²) in [6.45, 7) is 6.74. The zero-order valence-electron chi connectivity index (χ0n) is 17.3. The molecule has 2 aromatic rings. The van der Waals surface area contributed by atoms with E-state index in [0.717, 1.165) is 24.6 Å². The quantitative estimate of drug-likeness (QED) is 0.694. The molecule has 2 aliphatic heterocycles. The third-order valence-electron chi connectivity index (χ3n) is 5.37. The van der Waals surface area contributed by atoms with E-state index in [1.165, 1.54) is 11.4 Å². The van der Waals surface area contributed by atoms with E-state index in [4.69, 9.17) is 14.5 Å². The van der Waals surface area contributed by atoms with Crippen LogP contribution in [0.25, 0.3) is 0 Å². The fourth-order valence-corrected chi connectivity index (χ4v) is 5.31. The SMILES string of the molecule is COc1ccccc1S(=O)(=O)N1CCN(c2nc(C)cc(N3CCOCC3)n2)CC1. The summed E-state index contributed by atoms with van der Waals surface area (Å²) in [5.74, 6) is 1.90. The van der Waals surface area contributed by atoms with E-state index in [9.17, 15) is 8.42 Å². The van der Waals surface area contributed by atoms with Gasteiger partial charge in [-0.2, -0.15) is 9.29 Å². The van der Waals surface area contributed by atoms with Crippen LogP contribution in [0, 0.1) is 6.92 Å². The van der Waals surface area contributed by atoms with Crippen LogP contribution in [0.5, 0.6) is 5.75 Å². The lowest BCUT2D eigenvalue weighted by molar-refractivity contribution is 0.122. The summed E-state index contributed by atoms with van der Waals surface area (Å²) in [7, 11) is -2.15. The number of rotatable bonds is 5. The second-order valence-electron chi connectivity index (χ2n) is 7.31. The molecule has 0 aliphatic carbocycles. The topological polar surface area (TPSA) is 88.1 Å². The number of para-hydroxylation sites is 1. The summed E-state index contributed by atoms with van der Waals surface area (Å²) in [5, 5.41) is 0. The highest BCUT2D eigenvalue weighted by atomic mass is 32.2. The Morgan fingerprint density at radius 1 is 0.967 bits per heavy atom. The van der Waals surface area contributed by atoms with E-state index < -0.39 is 10.0 Å². The van der Waals surface area contributed by atoms with Crippen molar-refractivity contribution in [1.82, 2.24) is 14.3 Å². The van der Waals surface area contributed by atoms with Crippen LogP contribution in [0.4, 0.5) is 11.8 Å². The molecule has 9 nitrogen and oxygen atoms in total. The molecule has 2 fully saturated rings. The molecular formula is C20H27N5O4S. The third-order valence-corrected chi connectivity index (χ3v) is 7.31. The molecule has 2 saturated heterocycles. The first-order chi connectivity index (χ1) is 14.5. The van der Waals surface area contributed by atoms with Crippen LogP contribution in [-0.4, -0.2) is 82.3 Å². The van der Waals surface area contributed by atoms with Crippen LogP contribution in [0.1, 0.15) is 5.69 Å². The van der Waals surface area contributed by atoms with Gasteiger partial charge in [-0.1, -0.05) is 12.1 Å². The molecule has 1 aromatic carbocycles. The normalized spacial score (nSPS) is 18.5. The molecule has 0 radical (unpaired) electrons. The average Bonchev–Trinajstić information content (AvgIpc) is 2.79. The van der Waals surface area contributed by atoms with Gasteiger partial charge in [0, 0.05) is 51.0 Å². The lowest BCUT2D eigenvalue weighted by atomic mass is 10.3. The summed E-state index contributed by atoms with van der Waals surface area (Å²) in [6.07, 6.45) is 0. The summed E-state index contributed by atoms with van der Waals surface area (Å²) in [5.41, 5.74) is 0.894. The highest BCUT2D eigenvalue weighted by Crippen LogP contribution is 2.27. The molecule has 0 amide bonds. The Balaban J connectivity index is 1.49. The van der Waals surface area contributed by atoms with Gasteiger partial charge in [0.15, 0.2) is 0 Å². The minimum absolute atomic E-state index is 0.197. The number of benzene rings is 1. The smallest absolute Gasteiger partial charge is 0.246 e. The maximum absolute atomic E-state index is 13.1. The van der Waals surface area contributed by atoms with E-state index in [1.807, 2.05) is 17.9 Å². The van der Waals surface area contributed by atoms with Crippen molar-refractivity contribution >= 4 is 21.8 Å². The minimum atomic E-state index is -3.63. The van der Waals surface area contributed by atoms with Crippen molar-refractivity contribution < 1.29 is 17.9 Å². The number of anilines is 2. The van der Waals surface area contributed by atoms with Crippen LogP contribution >= 0.6 is 0 Å². The lowest BCUT2D eigenvalue weighted by Crippen LogP contribution is -2.49. The highest BCUT2D eigenvalue weighted by molar-refractivity contribution is 7.89. The van der Waals surface area contributed by atoms with Crippen LogP contribution < -0.4 is 14.5 Å². The zero-order chi connectivity index (χ0) is 21.1. The van der Waals surface area contributed by atoms with Gasteiger partial charge < -0.3 is 19.3 Å². The van der Waals surface area contributed by atoms with E-state index in [1.54, 1.807) is 24.3 Å². The number of hydrogen-bond donors (Lipinski definition) is 0. The Labute approximate surface area is 177 Å². The molecule has 2 aliphatic rings. The average molecular weight is 434 g/mol. The second kappa shape index (κ2) is 8.75. The molecule has 4 rings (SSSR count). The Morgan fingerprint density at radius 2 is 1.67 bits per heavy atom. The van der Waals surface area contributed by atoms with Crippen molar-refractivity contribution in [3.8, 4) is 5.75 Å². The number of methoxy groups -OCH3 is 1. The fraction of sp³-hybridized carbons (Fsp3) is 0.500. The molecular weight excluding hydrogens is 406 g/mol. The monoisotopic (exact) mass is 433 g/mol. The van der Waals surface area contributed by atoms with Gasteiger partial charge in [-0.3, -0.25) is 0 Å². The predicted molar refractivity (Wildman–Crippen MR) is 114 cm³/mol. The molecule has 0 unspecified atom stereocenters. The molecule has 30 heavy (non-hydrogen) atoms. The van der Waals surface area contributed by atoms with Crippen LogP contribution in [0.2, 0.25) is 0 Å². The van der Waals surface area contributed by atoms with Crippen molar-refractivity contribution in [2.24, 2.45) is 0 Å². The summed E-state index contributed by atoms with van der Waals surface area (Å²) < 4.78 is 38.4. The Bertz CT molecular complexity index is 986.